The number of nitrogens with one attached hydrogen (secondary N) is 2. The van der Waals surface area contributed by atoms with E-state index in [0.717, 1.165) is 23.8 Å². The molecule has 5 nitrogen and oxygen atoms in total. The minimum atomic E-state index is 0.241. The molecule has 1 heterocycles. The molecule has 20 heavy (non-hydrogen) atoms. The summed E-state index contributed by atoms with van der Waals surface area (Å²) >= 11 is 0. The van der Waals surface area contributed by atoms with Crippen molar-refractivity contribution in [2.45, 2.75) is 33.1 Å². The first-order chi connectivity index (χ1) is 9.63. The number of anilines is 3. The highest BCUT2D eigenvalue weighted by molar-refractivity contribution is 5.62. The molecular weight excluding hydrogens is 250 g/mol. The second kappa shape index (κ2) is 6.34. The highest BCUT2D eigenvalue weighted by Crippen LogP contribution is 2.23. The van der Waals surface area contributed by atoms with Gasteiger partial charge in [0.05, 0.1) is 0 Å². The van der Waals surface area contributed by atoms with E-state index in [9.17, 15) is 0 Å². The summed E-state index contributed by atoms with van der Waals surface area (Å²) in [6.45, 7) is 6.24. The van der Waals surface area contributed by atoms with Crippen molar-refractivity contribution in [3.05, 3.63) is 41.7 Å². The molecule has 1 aromatic heterocycles. The lowest BCUT2D eigenvalue weighted by Gasteiger charge is -2.13. The molecule has 0 radical (unpaired) electrons. The molecule has 2 rings (SSSR count). The second-order valence-corrected chi connectivity index (χ2v) is 4.93. The lowest BCUT2D eigenvalue weighted by Crippen LogP contribution is -2.12. The van der Waals surface area contributed by atoms with Crippen LogP contribution in [0.15, 0.2) is 30.3 Å². The number of hydrogen-bond acceptors (Lipinski definition) is 5. The van der Waals surface area contributed by atoms with E-state index in [1.165, 1.54) is 5.56 Å². The van der Waals surface area contributed by atoms with Gasteiger partial charge in [0.1, 0.15) is 17.5 Å². The van der Waals surface area contributed by atoms with E-state index in [2.05, 4.69) is 47.5 Å². The van der Waals surface area contributed by atoms with E-state index < -0.39 is 0 Å². The molecule has 0 aliphatic rings. The van der Waals surface area contributed by atoms with Crippen LogP contribution in [0.3, 0.4) is 0 Å². The molecule has 2 aromatic rings. The van der Waals surface area contributed by atoms with Crippen LogP contribution in [0.2, 0.25) is 0 Å². The summed E-state index contributed by atoms with van der Waals surface area (Å²) in [7, 11) is 0. The number of hydrogen-bond donors (Lipinski definition) is 3. The van der Waals surface area contributed by atoms with Crippen molar-refractivity contribution in [1.29, 1.82) is 0 Å². The SMILES string of the molecule is CCc1ccccc1Nc1cc(NN)nc(C(C)C)n1. The molecule has 0 aliphatic carbocycles. The van der Waals surface area contributed by atoms with Crippen LogP contribution < -0.4 is 16.6 Å². The Kier molecular flexibility index (Phi) is 4.53. The first-order valence-electron chi connectivity index (χ1n) is 6.84. The molecule has 0 unspecified atom stereocenters. The maximum Gasteiger partial charge on any atom is 0.145 e. The fraction of sp³-hybridized carbons (Fsp3) is 0.333. The van der Waals surface area contributed by atoms with Gasteiger partial charge in [0.15, 0.2) is 0 Å². The molecule has 1 aromatic carbocycles. The maximum absolute atomic E-state index is 5.47. The Labute approximate surface area is 119 Å². The monoisotopic (exact) mass is 271 g/mol. The standard InChI is InChI=1S/C15H21N5/c1-4-11-7-5-6-8-12(11)17-13-9-14(20-16)19-15(18-13)10(2)3/h5-10H,4,16H2,1-3H3,(H2,17,18,19,20). The van der Waals surface area contributed by atoms with E-state index in [1.54, 1.807) is 6.07 Å². The van der Waals surface area contributed by atoms with Gasteiger partial charge in [-0.15, -0.1) is 0 Å². The minimum absolute atomic E-state index is 0.241. The number of rotatable bonds is 5. The third-order valence-corrected chi connectivity index (χ3v) is 3.07. The number of nitrogen functional groups attached to an aromatic ring is 1. The average Bonchev–Trinajstić information content (AvgIpc) is 2.47. The van der Waals surface area contributed by atoms with Crippen molar-refractivity contribution in [2.24, 2.45) is 5.84 Å². The first kappa shape index (κ1) is 14.3. The van der Waals surface area contributed by atoms with E-state index in [1.807, 2.05) is 18.2 Å². The minimum Gasteiger partial charge on any atom is -0.340 e. The first-order valence-corrected chi connectivity index (χ1v) is 6.84. The molecule has 106 valence electrons. The molecule has 0 fully saturated rings. The third-order valence-electron chi connectivity index (χ3n) is 3.07. The topological polar surface area (TPSA) is 75.9 Å². The molecule has 0 saturated carbocycles. The molecule has 0 amide bonds. The normalized spacial score (nSPS) is 10.7. The van der Waals surface area contributed by atoms with Gasteiger partial charge in [-0.2, -0.15) is 0 Å². The number of hydrazine groups is 1. The zero-order valence-electron chi connectivity index (χ0n) is 12.1. The molecule has 0 aliphatic heterocycles. The van der Waals surface area contributed by atoms with Crippen molar-refractivity contribution >= 4 is 17.3 Å². The zero-order valence-corrected chi connectivity index (χ0v) is 12.1. The summed E-state index contributed by atoms with van der Waals surface area (Å²) in [6.07, 6.45) is 0.966. The second-order valence-electron chi connectivity index (χ2n) is 4.93. The molecular formula is C15H21N5. The van der Waals surface area contributed by atoms with Gasteiger partial charge in [0.25, 0.3) is 0 Å². The fourth-order valence-corrected chi connectivity index (χ4v) is 1.95. The number of aromatic nitrogens is 2. The Morgan fingerprint density at radius 3 is 2.50 bits per heavy atom. The van der Waals surface area contributed by atoms with E-state index >= 15 is 0 Å². The number of nitrogens with two attached hydrogens (primary N) is 1. The number of para-hydroxylation sites is 1. The summed E-state index contributed by atoms with van der Waals surface area (Å²) < 4.78 is 0. The van der Waals surface area contributed by atoms with Crippen LogP contribution >= 0.6 is 0 Å². The van der Waals surface area contributed by atoms with Gasteiger partial charge >= 0.3 is 0 Å². The van der Waals surface area contributed by atoms with Gasteiger partial charge in [-0.1, -0.05) is 39.0 Å². The highest BCUT2D eigenvalue weighted by atomic mass is 15.3. The van der Waals surface area contributed by atoms with Gasteiger partial charge in [-0.25, -0.2) is 15.8 Å². The van der Waals surface area contributed by atoms with Crippen LogP contribution in [-0.4, -0.2) is 9.97 Å². The highest BCUT2D eigenvalue weighted by Gasteiger charge is 2.08. The number of aryl methyl sites for hydroxylation is 1. The summed E-state index contributed by atoms with van der Waals surface area (Å²) in [5, 5.41) is 3.35. The fourth-order valence-electron chi connectivity index (χ4n) is 1.95. The molecule has 0 saturated heterocycles. The van der Waals surface area contributed by atoms with Gasteiger partial charge in [-0.05, 0) is 18.1 Å². The zero-order chi connectivity index (χ0) is 14.5. The van der Waals surface area contributed by atoms with Crippen LogP contribution in [0.1, 0.15) is 38.1 Å². The van der Waals surface area contributed by atoms with Crippen LogP contribution in [0, 0.1) is 0 Å². The Morgan fingerprint density at radius 1 is 1.15 bits per heavy atom. The molecule has 0 bridgehead atoms. The predicted molar refractivity (Wildman–Crippen MR) is 83.0 cm³/mol. The van der Waals surface area contributed by atoms with E-state index in [0.29, 0.717) is 5.82 Å². The molecule has 0 atom stereocenters. The van der Waals surface area contributed by atoms with Crippen molar-refractivity contribution in [2.75, 3.05) is 10.7 Å². The average molecular weight is 271 g/mol. The van der Waals surface area contributed by atoms with Gasteiger partial charge in [-0.3, -0.25) is 0 Å². The van der Waals surface area contributed by atoms with E-state index in [4.69, 9.17) is 5.84 Å². The maximum atomic E-state index is 5.47. The van der Waals surface area contributed by atoms with Crippen molar-refractivity contribution in [1.82, 2.24) is 9.97 Å². The molecule has 0 spiro atoms. The van der Waals surface area contributed by atoms with Crippen LogP contribution in [0.5, 0.6) is 0 Å². The quantitative estimate of drug-likeness (QED) is 0.575. The number of benzene rings is 1. The van der Waals surface area contributed by atoms with Gasteiger partial charge < -0.3 is 10.7 Å². The largest absolute Gasteiger partial charge is 0.340 e. The smallest absolute Gasteiger partial charge is 0.145 e. The summed E-state index contributed by atoms with van der Waals surface area (Å²) in [5.41, 5.74) is 4.90. The van der Waals surface area contributed by atoms with E-state index in [-0.39, 0.29) is 5.92 Å². The van der Waals surface area contributed by atoms with Crippen LogP contribution in [0.25, 0.3) is 0 Å². The van der Waals surface area contributed by atoms with Crippen molar-refractivity contribution in [3.8, 4) is 0 Å². The van der Waals surface area contributed by atoms with Crippen LogP contribution in [0.4, 0.5) is 17.3 Å². The predicted octanol–water partition coefficient (Wildman–Crippen LogP) is 3.19. The third kappa shape index (κ3) is 3.24. The lowest BCUT2D eigenvalue weighted by molar-refractivity contribution is 0.777. The lowest BCUT2D eigenvalue weighted by atomic mass is 10.1. The molecule has 5 heteroatoms. The Bertz CT molecular complexity index is 580. The van der Waals surface area contributed by atoms with Crippen LogP contribution in [-0.2, 0) is 6.42 Å². The summed E-state index contributed by atoms with van der Waals surface area (Å²) in [6, 6.07) is 10.0. The van der Waals surface area contributed by atoms with Crippen molar-refractivity contribution < 1.29 is 0 Å². The van der Waals surface area contributed by atoms with Gasteiger partial charge in [0.2, 0.25) is 0 Å². The summed E-state index contributed by atoms with van der Waals surface area (Å²) in [5.74, 6) is 7.83. The summed E-state index contributed by atoms with van der Waals surface area (Å²) in [4.78, 5) is 8.88. The Balaban J connectivity index is 2.35. The Hall–Kier alpha value is -2.14. The van der Waals surface area contributed by atoms with Gasteiger partial charge in [0, 0.05) is 17.7 Å². The number of nitrogens with zero attached hydrogens (tertiary/aromatic N) is 2. The van der Waals surface area contributed by atoms with Crippen molar-refractivity contribution in [3.63, 3.8) is 0 Å². The molecule has 4 N–H and O–H groups in total. The Morgan fingerprint density at radius 2 is 1.85 bits per heavy atom.